The summed E-state index contributed by atoms with van der Waals surface area (Å²) >= 11 is 0. The second-order valence-corrected chi connectivity index (χ2v) is 7.07. The fraction of sp³-hybridized carbons (Fsp3) is 0.667. The highest BCUT2D eigenvalue weighted by Crippen LogP contribution is 2.28. The Labute approximate surface area is 163 Å². The van der Waals surface area contributed by atoms with E-state index in [1.807, 2.05) is 44.2 Å². The van der Waals surface area contributed by atoms with Gasteiger partial charge in [-0.15, -0.1) is 24.0 Å². The van der Waals surface area contributed by atoms with E-state index >= 15 is 0 Å². The molecule has 1 aromatic heterocycles. The molecule has 0 amide bonds. The first kappa shape index (κ1) is 21.0. The van der Waals surface area contributed by atoms with Gasteiger partial charge in [0.05, 0.1) is 12.2 Å². The third-order valence-electron chi connectivity index (χ3n) is 4.43. The minimum absolute atomic E-state index is 0. The number of hydrogen-bond acceptors (Lipinski definition) is 3. The van der Waals surface area contributed by atoms with Gasteiger partial charge in [0, 0.05) is 27.2 Å². The number of guanidine groups is 1. The summed E-state index contributed by atoms with van der Waals surface area (Å²) in [5, 5.41) is 6.96. The van der Waals surface area contributed by atoms with E-state index in [1.54, 1.807) is 0 Å². The minimum atomic E-state index is 0. The average Bonchev–Trinajstić information content (AvgIpc) is 2.50. The normalized spacial score (nSPS) is 24.0. The van der Waals surface area contributed by atoms with E-state index in [2.05, 4.69) is 34.5 Å². The highest BCUT2D eigenvalue weighted by molar-refractivity contribution is 14.0. The molecule has 1 aliphatic rings. The molecule has 24 heavy (non-hydrogen) atoms. The van der Waals surface area contributed by atoms with Crippen molar-refractivity contribution in [3.8, 4) is 0 Å². The number of aromatic nitrogens is 1. The van der Waals surface area contributed by atoms with Crippen LogP contribution in [0.1, 0.15) is 38.8 Å². The molecule has 0 aliphatic heterocycles. The molecule has 2 rings (SSSR count). The fourth-order valence-corrected chi connectivity index (χ4v) is 3.44. The number of anilines is 1. The Morgan fingerprint density at radius 1 is 1.21 bits per heavy atom. The Balaban J connectivity index is 0.00000288. The van der Waals surface area contributed by atoms with Crippen LogP contribution in [0, 0.1) is 11.8 Å². The number of pyridine rings is 1. The SMILES string of the molecule is CN=C(NCc1cccc(N(C)C)n1)NC1CC(C)CC(C)C1.I. The molecule has 5 nitrogen and oxygen atoms in total. The van der Waals surface area contributed by atoms with Gasteiger partial charge < -0.3 is 15.5 Å². The number of halogens is 1. The Kier molecular flexibility index (Phi) is 8.80. The van der Waals surface area contributed by atoms with E-state index in [1.165, 1.54) is 19.3 Å². The first-order valence-electron chi connectivity index (χ1n) is 8.58. The molecule has 0 saturated heterocycles. The zero-order valence-electron chi connectivity index (χ0n) is 15.5. The van der Waals surface area contributed by atoms with Gasteiger partial charge in [0.2, 0.25) is 0 Å². The molecule has 0 aromatic carbocycles. The second-order valence-electron chi connectivity index (χ2n) is 7.07. The molecule has 2 N–H and O–H groups in total. The smallest absolute Gasteiger partial charge is 0.191 e. The maximum Gasteiger partial charge on any atom is 0.191 e. The summed E-state index contributed by atoms with van der Waals surface area (Å²) < 4.78 is 0. The average molecular weight is 445 g/mol. The van der Waals surface area contributed by atoms with Crippen molar-refractivity contribution in [2.24, 2.45) is 16.8 Å². The molecule has 0 bridgehead atoms. The Hall–Kier alpha value is -1.05. The van der Waals surface area contributed by atoms with Crippen molar-refractivity contribution in [3.63, 3.8) is 0 Å². The number of rotatable bonds is 4. The third-order valence-corrected chi connectivity index (χ3v) is 4.43. The summed E-state index contributed by atoms with van der Waals surface area (Å²) in [4.78, 5) is 11.0. The number of hydrogen-bond donors (Lipinski definition) is 2. The van der Waals surface area contributed by atoms with Crippen LogP contribution in [0.2, 0.25) is 0 Å². The van der Waals surface area contributed by atoms with Crippen molar-refractivity contribution in [2.75, 3.05) is 26.0 Å². The first-order valence-corrected chi connectivity index (χ1v) is 8.58. The van der Waals surface area contributed by atoms with E-state index in [4.69, 9.17) is 0 Å². The quantitative estimate of drug-likeness (QED) is 0.425. The van der Waals surface area contributed by atoms with Crippen LogP contribution in [-0.2, 0) is 6.54 Å². The molecule has 1 fully saturated rings. The van der Waals surface area contributed by atoms with Gasteiger partial charge >= 0.3 is 0 Å². The summed E-state index contributed by atoms with van der Waals surface area (Å²) in [6, 6.07) is 6.61. The van der Waals surface area contributed by atoms with Gasteiger partial charge in [-0.25, -0.2) is 4.98 Å². The minimum Gasteiger partial charge on any atom is -0.363 e. The zero-order valence-corrected chi connectivity index (χ0v) is 17.9. The van der Waals surface area contributed by atoms with Gasteiger partial charge in [0.1, 0.15) is 5.82 Å². The molecule has 2 unspecified atom stereocenters. The van der Waals surface area contributed by atoms with Crippen LogP contribution in [0.5, 0.6) is 0 Å². The lowest BCUT2D eigenvalue weighted by Gasteiger charge is -2.32. The maximum absolute atomic E-state index is 4.63. The topological polar surface area (TPSA) is 52.6 Å². The zero-order chi connectivity index (χ0) is 16.8. The van der Waals surface area contributed by atoms with Gasteiger partial charge in [-0.05, 0) is 43.2 Å². The summed E-state index contributed by atoms with van der Waals surface area (Å²) in [5.74, 6) is 3.41. The molecule has 1 heterocycles. The van der Waals surface area contributed by atoms with Crippen molar-refractivity contribution in [1.29, 1.82) is 0 Å². The van der Waals surface area contributed by atoms with Crippen molar-refractivity contribution in [2.45, 2.75) is 45.7 Å². The predicted octanol–water partition coefficient (Wildman–Crippen LogP) is 3.26. The highest BCUT2D eigenvalue weighted by atomic mass is 127. The van der Waals surface area contributed by atoms with Gasteiger partial charge in [0.15, 0.2) is 5.96 Å². The second kappa shape index (κ2) is 10.1. The Morgan fingerprint density at radius 3 is 2.46 bits per heavy atom. The van der Waals surface area contributed by atoms with Crippen molar-refractivity contribution in [1.82, 2.24) is 15.6 Å². The van der Waals surface area contributed by atoms with Crippen LogP contribution in [-0.4, -0.2) is 38.1 Å². The standard InChI is InChI=1S/C18H31N5.HI/c1-13-9-14(2)11-16(10-13)22-18(19-3)20-12-15-7-6-8-17(21-15)23(4)5;/h6-8,13-14,16H,9-12H2,1-5H3,(H2,19,20,22);1H. The summed E-state index contributed by atoms with van der Waals surface area (Å²) in [6.45, 7) is 5.37. The van der Waals surface area contributed by atoms with E-state index in [0.29, 0.717) is 12.6 Å². The molecule has 2 atom stereocenters. The predicted molar refractivity (Wildman–Crippen MR) is 113 cm³/mol. The maximum atomic E-state index is 4.63. The molecular weight excluding hydrogens is 413 g/mol. The van der Waals surface area contributed by atoms with Gasteiger partial charge in [-0.3, -0.25) is 4.99 Å². The van der Waals surface area contributed by atoms with Crippen LogP contribution in [0.4, 0.5) is 5.82 Å². The molecule has 136 valence electrons. The number of nitrogens with zero attached hydrogens (tertiary/aromatic N) is 3. The largest absolute Gasteiger partial charge is 0.363 e. The summed E-state index contributed by atoms with van der Waals surface area (Å²) in [7, 11) is 5.84. The molecule has 0 spiro atoms. The molecule has 6 heteroatoms. The van der Waals surface area contributed by atoms with Crippen molar-refractivity contribution in [3.05, 3.63) is 23.9 Å². The Bertz CT molecular complexity index is 522. The summed E-state index contributed by atoms with van der Waals surface area (Å²) in [5.41, 5.74) is 1.02. The van der Waals surface area contributed by atoms with Crippen LogP contribution >= 0.6 is 24.0 Å². The lowest BCUT2D eigenvalue weighted by atomic mass is 9.80. The number of aliphatic imine (C=N–C) groups is 1. The van der Waals surface area contributed by atoms with Crippen molar-refractivity contribution < 1.29 is 0 Å². The molecule has 1 aliphatic carbocycles. The fourth-order valence-electron chi connectivity index (χ4n) is 3.44. The molecular formula is C18H32IN5. The molecule has 1 aromatic rings. The molecule has 0 radical (unpaired) electrons. The van der Waals surface area contributed by atoms with Crippen LogP contribution in [0.15, 0.2) is 23.2 Å². The van der Waals surface area contributed by atoms with Crippen molar-refractivity contribution >= 4 is 35.8 Å². The summed E-state index contributed by atoms with van der Waals surface area (Å²) in [6.07, 6.45) is 3.78. The molecule has 1 saturated carbocycles. The van der Waals surface area contributed by atoms with E-state index in [-0.39, 0.29) is 24.0 Å². The van der Waals surface area contributed by atoms with E-state index in [0.717, 1.165) is 29.3 Å². The third kappa shape index (κ3) is 6.45. The van der Waals surface area contributed by atoms with Crippen LogP contribution < -0.4 is 15.5 Å². The Morgan fingerprint density at radius 2 is 1.88 bits per heavy atom. The first-order chi connectivity index (χ1) is 11.0. The monoisotopic (exact) mass is 445 g/mol. The highest BCUT2D eigenvalue weighted by Gasteiger charge is 2.24. The van der Waals surface area contributed by atoms with Crippen LogP contribution in [0.3, 0.4) is 0 Å². The lowest BCUT2D eigenvalue weighted by Crippen LogP contribution is -2.46. The van der Waals surface area contributed by atoms with E-state index in [9.17, 15) is 0 Å². The van der Waals surface area contributed by atoms with Gasteiger partial charge in [-0.2, -0.15) is 0 Å². The number of nitrogens with one attached hydrogen (secondary N) is 2. The van der Waals surface area contributed by atoms with E-state index < -0.39 is 0 Å². The van der Waals surface area contributed by atoms with Gasteiger partial charge in [0.25, 0.3) is 0 Å². The van der Waals surface area contributed by atoms with Crippen LogP contribution in [0.25, 0.3) is 0 Å². The lowest BCUT2D eigenvalue weighted by molar-refractivity contribution is 0.255. The van der Waals surface area contributed by atoms with Gasteiger partial charge in [-0.1, -0.05) is 19.9 Å².